The predicted octanol–water partition coefficient (Wildman–Crippen LogP) is 16.3. The number of hydrogen-bond donors (Lipinski definition) is 0. The minimum Gasteiger partial charge on any atom is -0.310 e. The van der Waals surface area contributed by atoms with Gasteiger partial charge in [-0.3, -0.25) is 0 Å². The molecule has 11 aromatic rings. The van der Waals surface area contributed by atoms with Gasteiger partial charge < -0.3 is 9.47 Å². The van der Waals surface area contributed by atoms with Crippen LogP contribution in [0.25, 0.3) is 82.8 Å². The lowest BCUT2D eigenvalue weighted by Gasteiger charge is -2.28. The third kappa shape index (κ3) is 6.05. The zero-order valence-corrected chi connectivity index (χ0v) is 35.2. The Bertz CT molecular complexity index is 3500. The van der Waals surface area contributed by atoms with Crippen LogP contribution in [0.15, 0.2) is 218 Å². The molecule has 0 spiro atoms. The van der Waals surface area contributed by atoms with Crippen LogP contribution in [0.3, 0.4) is 0 Å². The maximum absolute atomic E-state index is 3.45. The van der Waals surface area contributed by atoms with Crippen molar-refractivity contribution < 1.29 is 0 Å². The number of anilines is 3. The van der Waals surface area contributed by atoms with Crippen LogP contribution >= 0.6 is 0 Å². The van der Waals surface area contributed by atoms with E-state index < -0.39 is 0 Å². The van der Waals surface area contributed by atoms with E-state index in [0.717, 1.165) is 22.7 Å². The van der Waals surface area contributed by atoms with Crippen molar-refractivity contribution >= 4 is 49.6 Å². The number of rotatable bonds is 7. The van der Waals surface area contributed by atoms with E-state index in [9.17, 15) is 0 Å². The standard InChI is InChI=1S/C61H42N2/c1-61(2)57-23-12-11-22-53(57)54-36-34-51(40-58(54)61)62(49-30-24-42(25-31-49)46-18-13-17-45(38-46)41-14-5-3-6-15-41)50-32-26-43(27-33-50)47-29-37-59-56(39-47)55-35-28-44-16-9-10-21-52(44)60(55)63(59)48-19-7-4-8-20-48/h3-11,13-22,24-40H,1-2H3. The average molecular weight is 803 g/mol. The summed E-state index contributed by atoms with van der Waals surface area (Å²) in [5, 5.41) is 4.99. The van der Waals surface area contributed by atoms with E-state index >= 15 is 0 Å². The highest BCUT2D eigenvalue weighted by molar-refractivity contribution is 6.19. The topological polar surface area (TPSA) is 8.17 Å². The number of hydrogen-bond acceptors (Lipinski definition) is 1. The fourth-order valence-corrected chi connectivity index (χ4v) is 10.0. The van der Waals surface area contributed by atoms with Crippen LogP contribution in [0.2, 0.25) is 0 Å². The van der Waals surface area contributed by atoms with Crippen molar-refractivity contribution in [3.8, 4) is 50.2 Å². The van der Waals surface area contributed by atoms with E-state index in [0.29, 0.717) is 0 Å². The molecule has 0 atom stereocenters. The molecular formula is C61H42N2. The van der Waals surface area contributed by atoms with Gasteiger partial charge in [-0.05, 0) is 134 Å². The maximum atomic E-state index is 3.45. The summed E-state index contributed by atoms with van der Waals surface area (Å²) in [6, 6.07) is 86.3. The van der Waals surface area contributed by atoms with Gasteiger partial charge in [0.15, 0.2) is 0 Å². The molecule has 1 aromatic heterocycles. The molecule has 0 N–H and O–H groups in total. The zero-order chi connectivity index (χ0) is 42.1. The minimum atomic E-state index is -0.198. The van der Waals surface area contributed by atoms with Gasteiger partial charge in [-0.2, -0.15) is 0 Å². The number of benzene rings is 9. The lowest BCUT2D eigenvalue weighted by Crippen LogP contribution is -2.16. The Hall–Kier alpha value is -8.12. The molecule has 10 aromatic carbocycles. The fraction of sp³-hybridized carbons (Fsp3) is 0.0492. The van der Waals surface area contributed by atoms with Crippen LogP contribution in [0, 0.1) is 12.1 Å². The third-order valence-corrected chi connectivity index (χ3v) is 13.2. The molecule has 2 heteroatoms. The van der Waals surface area contributed by atoms with E-state index in [1.54, 1.807) is 0 Å². The van der Waals surface area contributed by atoms with Gasteiger partial charge in [0.2, 0.25) is 0 Å². The van der Waals surface area contributed by atoms with Crippen LogP contribution in [-0.2, 0) is 5.41 Å². The Labute approximate surface area is 368 Å². The van der Waals surface area contributed by atoms with Crippen molar-refractivity contribution in [2.24, 2.45) is 0 Å². The molecule has 0 unspecified atom stereocenters. The summed E-state index contributed by atoms with van der Waals surface area (Å²) in [6.45, 7) is 4.61. The molecule has 1 heterocycles. The van der Waals surface area contributed by atoms with Crippen molar-refractivity contribution in [1.82, 2.24) is 4.57 Å². The Morgan fingerprint density at radius 3 is 1.76 bits per heavy atom. The quantitative estimate of drug-likeness (QED) is 0.156. The highest BCUT2D eigenvalue weighted by atomic mass is 15.1. The molecule has 0 radical (unpaired) electrons. The van der Waals surface area contributed by atoms with Crippen molar-refractivity contribution in [1.29, 1.82) is 0 Å². The molecule has 0 bridgehead atoms. The Balaban J connectivity index is 0.958. The van der Waals surface area contributed by atoms with Gasteiger partial charge in [0.25, 0.3) is 0 Å². The lowest BCUT2D eigenvalue weighted by molar-refractivity contribution is 0.661. The third-order valence-electron chi connectivity index (χ3n) is 13.2. The molecule has 0 saturated heterocycles. The van der Waals surface area contributed by atoms with Gasteiger partial charge in [0.05, 0.1) is 11.0 Å². The normalized spacial score (nSPS) is 12.6. The molecule has 0 amide bonds. The number of para-hydroxylation sites is 1. The van der Waals surface area contributed by atoms with Gasteiger partial charge in [-0.25, -0.2) is 0 Å². The molecule has 12 rings (SSSR count). The van der Waals surface area contributed by atoms with E-state index in [4.69, 9.17) is 0 Å². The highest BCUT2D eigenvalue weighted by Gasteiger charge is 2.36. The second kappa shape index (κ2) is 14.5. The number of aromatic nitrogens is 1. The van der Waals surface area contributed by atoms with Crippen LogP contribution < -0.4 is 4.90 Å². The first-order valence-corrected chi connectivity index (χ1v) is 21.8. The van der Waals surface area contributed by atoms with Crippen molar-refractivity contribution in [3.63, 3.8) is 0 Å². The van der Waals surface area contributed by atoms with Crippen LogP contribution in [-0.4, -0.2) is 4.57 Å². The van der Waals surface area contributed by atoms with E-state index in [-0.39, 0.29) is 5.41 Å². The number of fused-ring (bicyclic) bond motifs is 8. The Morgan fingerprint density at radius 1 is 0.429 bits per heavy atom. The SMILES string of the molecule is CC1(C)c2c#cccc2-c2ccc(N(c3ccc(-c4cccc(-c5ccccc5)c4)cc3)c3ccc(-c4ccc5c(c4)c4ccc6ccccc6c4n5-c4ccccc4)cc3)cc21. The second-order valence-corrected chi connectivity index (χ2v) is 17.2. The number of nitrogens with zero attached hydrogens (tertiary/aromatic N) is 2. The van der Waals surface area contributed by atoms with Crippen LogP contribution in [0.4, 0.5) is 17.1 Å². The van der Waals surface area contributed by atoms with E-state index in [1.165, 1.54) is 88.2 Å². The second-order valence-electron chi connectivity index (χ2n) is 17.2. The summed E-state index contributed by atoms with van der Waals surface area (Å²) < 4.78 is 2.43. The summed E-state index contributed by atoms with van der Waals surface area (Å²) >= 11 is 0. The summed E-state index contributed by atoms with van der Waals surface area (Å²) in [6.07, 6.45) is 0. The predicted molar refractivity (Wildman–Crippen MR) is 265 cm³/mol. The molecule has 0 aliphatic heterocycles. The van der Waals surface area contributed by atoms with E-state index in [1.807, 2.05) is 6.07 Å². The monoisotopic (exact) mass is 802 g/mol. The Morgan fingerprint density at radius 2 is 1.03 bits per heavy atom. The van der Waals surface area contributed by atoms with Crippen molar-refractivity contribution in [2.45, 2.75) is 19.3 Å². The zero-order valence-electron chi connectivity index (χ0n) is 35.2. The van der Waals surface area contributed by atoms with Crippen LogP contribution in [0.1, 0.15) is 25.0 Å². The summed E-state index contributed by atoms with van der Waals surface area (Å²) in [7, 11) is 0. The summed E-state index contributed by atoms with van der Waals surface area (Å²) in [5.41, 5.74) is 18.9. The van der Waals surface area contributed by atoms with Gasteiger partial charge >= 0.3 is 0 Å². The lowest BCUT2D eigenvalue weighted by atomic mass is 9.83. The molecular weight excluding hydrogens is 761 g/mol. The van der Waals surface area contributed by atoms with Crippen molar-refractivity contribution in [3.05, 3.63) is 242 Å². The molecule has 0 saturated carbocycles. The average Bonchev–Trinajstić information content (AvgIpc) is 3.80. The first-order chi connectivity index (χ1) is 31.0. The van der Waals surface area contributed by atoms with Gasteiger partial charge in [-0.1, -0.05) is 166 Å². The molecule has 2 nitrogen and oxygen atoms in total. The largest absolute Gasteiger partial charge is 0.310 e. The maximum Gasteiger partial charge on any atom is 0.0619 e. The molecule has 1 aliphatic carbocycles. The molecule has 296 valence electrons. The molecule has 63 heavy (non-hydrogen) atoms. The first kappa shape index (κ1) is 36.7. The first-order valence-electron chi connectivity index (χ1n) is 21.8. The van der Waals surface area contributed by atoms with Crippen LogP contribution in [0.5, 0.6) is 0 Å². The van der Waals surface area contributed by atoms with E-state index in [2.05, 4.69) is 248 Å². The van der Waals surface area contributed by atoms with Gasteiger partial charge in [0.1, 0.15) is 0 Å². The fourth-order valence-electron chi connectivity index (χ4n) is 10.0. The smallest absolute Gasteiger partial charge is 0.0619 e. The van der Waals surface area contributed by atoms with Crippen molar-refractivity contribution in [2.75, 3.05) is 4.90 Å². The summed E-state index contributed by atoms with van der Waals surface area (Å²) in [4.78, 5) is 2.39. The Kier molecular flexibility index (Phi) is 8.46. The highest BCUT2D eigenvalue weighted by Crippen LogP contribution is 2.50. The van der Waals surface area contributed by atoms with Gasteiger partial charge in [-0.15, -0.1) is 0 Å². The summed E-state index contributed by atoms with van der Waals surface area (Å²) in [5.74, 6) is 0. The minimum absolute atomic E-state index is 0.198. The molecule has 1 aliphatic rings. The molecule has 0 fully saturated rings. The van der Waals surface area contributed by atoms with Gasteiger partial charge in [0, 0.05) is 49.9 Å².